The Morgan fingerprint density at radius 1 is 0.733 bits per heavy atom. The molecule has 0 saturated heterocycles. The van der Waals surface area contributed by atoms with E-state index in [2.05, 4.69) is 36.9 Å². The molecule has 3 saturated carbocycles. The Morgan fingerprint density at radius 3 is 1.67 bits per heavy atom. The van der Waals surface area contributed by atoms with Crippen LogP contribution in [-0.2, 0) is 11.3 Å². The molecule has 0 heterocycles. The molecule has 3 aliphatic rings. The highest BCUT2D eigenvalue weighted by Gasteiger charge is 2.34. The Kier molecular flexibility index (Phi) is 8.10. The minimum Gasteiger partial charge on any atom is -0.380 e. The summed E-state index contributed by atoms with van der Waals surface area (Å²) in [4.78, 5) is 0. The fraction of sp³-hybridized carbons (Fsp3) is 0.724. The second-order valence-electron chi connectivity index (χ2n) is 10.8. The third kappa shape index (κ3) is 5.58. The van der Waals surface area contributed by atoms with Gasteiger partial charge in [0, 0.05) is 7.11 Å². The van der Waals surface area contributed by atoms with E-state index in [0.29, 0.717) is 0 Å². The molecule has 3 fully saturated rings. The number of benzene rings is 1. The third-order valence-electron chi connectivity index (χ3n) is 9.08. The Balaban J connectivity index is 1.19. The van der Waals surface area contributed by atoms with Gasteiger partial charge in [-0.15, -0.1) is 6.58 Å². The summed E-state index contributed by atoms with van der Waals surface area (Å²) < 4.78 is 5.25. The Morgan fingerprint density at radius 2 is 1.20 bits per heavy atom. The first kappa shape index (κ1) is 22.1. The van der Waals surface area contributed by atoms with Crippen molar-refractivity contribution >= 4 is 0 Å². The van der Waals surface area contributed by atoms with Gasteiger partial charge < -0.3 is 4.74 Å². The van der Waals surface area contributed by atoms with Crippen LogP contribution in [-0.4, -0.2) is 7.11 Å². The van der Waals surface area contributed by atoms with Crippen molar-refractivity contribution in [1.29, 1.82) is 0 Å². The number of hydrogen-bond acceptors (Lipinski definition) is 1. The van der Waals surface area contributed by atoms with Crippen molar-refractivity contribution < 1.29 is 4.74 Å². The van der Waals surface area contributed by atoms with Crippen LogP contribution < -0.4 is 0 Å². The number of methoxy groups -OCH3 is 1. The average molecular weight is 409 g/mol. The number of ether oxygens (including phenoxy) is 1. The van der Waals surface area contributed by atoms with E-state index in [-0.39, 0.29) is 0 Å². The quantitative estimate of drug-likeness (QED) is 0.412. The summed E-state index contributed by atoms with van der Waals surface area (Å²) in [6, 6.07) is 9.23. The molecule has 0 bridgehead atoms. The fourth-order valence-electron chi connectivity index (χ4n) is 7.20. The molecule has 0 spiro atoms. The SMILES string of the molecule is C=CC[C@H]1CC[C@H](C2CCC(C3CCC(c4ccc(COC)cc4)CC3)CC2)CC1. The van der Waals surface area contributed by atoms with Crippen molar-refractivity contribution in [2.24, 2.45) is 29.6 Å². The standard InChI is InChI=1S/C29H44O/c1-3-4-22-5-9-24(10-6-22)26-13-17-28(18-14-26)29-19-15-27(16-20-29)25-11-7-23(8-12-25)21-30-2/h3,7-8,11-12,22,24,26-29H,1,4-6,9-10,13-21H2,2H3/t22-,24-,26?,27?,28?,29?. The van der Waals surface area contributed by atoms with Crippen LogP contribution in [0.15, 0.2) is 36.9 Å². The predicted molar refractivity (Wildman–Crippen MR) is 128 cm³/mol. The lowest BCUT2D eigenvalue weighted by molar-refractivity contribution is 0.110. The number of rotatable bonds is 7. The van der Waals surface area contributed by atoms with Gasteiger partial charge in [-0.25, -0.2) is 0 Å². The summed E-state index contributed by atoms with van der Waals surface area (Å²) in [7, 11) is 1.78. The van der Waals surface area contributed by atoms with Crippen LogP contribution in [0.25, 0.3) is 0 Å². The molecule has 0 aromatic heterocycles. The van der Waals surface area contributed by atoms with Crippen LogP contribution in [0.4, 0.5) is 0 Å². The minimum atomic E-state index is 0.728. The predicted octanol–water partition coefficient (Wildman–Crippen LogP) is 8.30. The zero-order valence-electron chi connectivity index (χ0n) is 19.4. The summed E-state index contributed by atoms with van der Waals surface area (Å²) in [5, 5.41) is 0. The lowest BCUT2D eigenvalue weighted by Gasteiger charge is -2.41. The van der Waals surface area contributed by atoms with Crippen LogP contribution in [0.5, 0.6) is 0 Å². The third-order valence-corrected chi connectivity index (χ3v) is 9.08. The van der Waals surface area contributed by atoms with Gasteiger partial charge in [-0.3, -0.25) is 0 Å². The van der Waals surface area contributed by atoms with Crippen LogP contribution >= 0.6 is 0 Å². The molecule has 1 heteroatoms. The van der Waals surface area contributed by atoms with E-state index in [1.54, 1.807) is 12.7 Å². The maximum atomic E-state index is 5.25. The van der Waals surface area contributed by atoms with Crippen molar-refractivity contribution in [3.05, 3.63) is 48.0 Å². The first-order valence-electron chi connectivity index (χ1n) is 13.0. The van der Waals surface area contributed by atoms with Gasteiger partial charge in [-0.1, -0.05) is 30.3 Å². The van der Waals surface area contributed by atoms with E-state index < -0.39 is 0 Å². The molecule has 0 aliphatic heterocycles. The van der Waals surface area contributed by atoms with Gasteiger partial charge in [0.2, 0.25) is 0 Å². The molecule has 166 valence electrons. The Labute approximate surface area is 185 Å². The van der Waals surface area contributed by atoms with Crippen LogP contribution in [0.3, 0.4) is 0 Å². The molecule has 4 rings (SSSR count). The maximum absolute atomic E-state index is 5.25. The second kappa shape index (κ2) is 11.0. The smallest absolute Gasteiger partial charge is 0.0713 e. The van der Waals surface area contributed by atoms with E-state index in [1.165, 1.54) is 89.0 Å². The highest BCUT2D eigenvalue weighted by molar-refractivity contribution is 5.25. The Hall–Kier alpha value is -1.08. The van der Waals surface area contributed by atoms with Gasteiger partial charge in [0.05, 0.1) is 6.61 Å². The van der Waals surface area contributed by atoms with Crippen LogP contribution in [0, 0.1) is 29.6 Å². The highest BCUT2D eigenvalue weighted by Crippen LogP contribution is 2.47. The summed E-state index contributed by atoms with van der Waals surface area (Å²) in [5.74, 6) is 5.87. The normalized spacial score (nSPS) is 35.1. The molecule has 1 aromatic carbocycles. The van der Waals surface area contributed by atoms with E-state index >= 15 is 0 Å². The van der Waals surface area contributed by atoms with Gasteiger partial charge >= 0.3 is 0 Å². The lowest BCUT2D eigenvalue weighted by Crippen LogP contribution is -2.29. The molecule has 0 N–H and O–H groups in total. The number of hydrogen-bond donors (Lipinski definition) is 0. The fourth-order valence-corrected chi connectivity index (χ4v) is 7.20. The van der Waals surface area contributed by atoms with Crippen molar-refractivity contribution in [2.45, 2.75) is 96.0 Å². The van der Waals surface area contributed by atoms with Crippen molar-refractivity contribution in [1.82, 2.24) is 0 Å². The van der Waals surface area contributed by atoms with E-state index in [1.807, 2.05) is 0 Å². The van der Waals surface area contributed by atoms with Crippen molar-refractivity contribution in [3.8, 4) is 0 Å². The van der Waals surface area contributed by atoms with Crippen molar-refractivity contribution in [2.75, 3.05) is 7.11 Å². The monoisotopic (exact) mass is 408 g/mol. The highest BCUT2D eigenvalue weighted by atomic mass is 16.5. The Bertz CT molecular complexity index is 623. The molecule has 1 aromatic rings. The zero-order chi connectivity index (χ0) is 20.8. The summed E-state index contributed by atoms with van der Waals surface area (Å²) in [6.07, 6.45) is 21.2. The summed E-state index contributed by atoms with van der Waals surface area (Å²) in [6.45, 7) is 4.67. The molecular formula is C29H44O. The van der Waals surface area contributed by atoms with Crippen LogP contribution in [0.2, 0.25) is 0 Å². The van der Waals surface area contributed by atoms with E-state index in [9.17, 15) is 0 Å². The van der Waals surface area contributed by atoms with Gasteiger partial charge in [0.1, 0.15) is 0 Å². The second-order valence-corrected chi connectivity index (χ2v) is 10.8. The van der Waals surface area contributed by atoms with Gasteiger partial charge in [-0.2, -0.15) is 0 Å². The minimum absolute atomic E-state index is 0.728. The number of allylic oxidation sites excluding steroid dienone is 1. The molecule has 0 amide bonds. The topological polar surface area (TPSA) is 9.23 Å². The molecule has 0 radical (unpaired) electrons. The zero-order valence-corrected chi connectivity index (χ0v) is 19.4. The lowest BCUT2D eigenvalue weighted by atomic mass is 9.64. The first-order chi connectivity index (χ1) is 14.8. The summed E-state index contributed by atoms with van der Waals surface area (Å²) >= 11 is 0. The van der Waals surface area contributed by atoms with Crippen LogP contribution in [0.1, 0.15) is 101 Å². The van der Waals surface area contributed by atoms with E-state index in [4.69, 9.17) is 4.74 Å². The maximum Gasteiger partial charge on any atom is 0.0713 e. The molecule has 1 nitrogen and oxygen atoms in total. The van der Waals surface area contributed by atoms with Gasteiger partial charge in [0.15, 0.2) is 0 Å². The molecule has 3 aliphatic carbocycles. The van der Waals surface area contributed by atoms with E-state index in [0.717, 1.165) is 42.1 Å². The molecular weight excluding hydrogens is 364 g/mol. The first-order valence-corrected chi connectivity index (χ1v) is 13.0. The van der Waals surface area contributed by atoms with Gasteiger partial charge in [-0.05, 0) is 130 Å². The molecule has 0 atom stereocenters. The largest absolute Gasteiger partial charge is 0.380 e. The molecule has 0 unspecified atom stereocenters. The summed E-state index contributed by atoms with van der Waals surface area (Å²) in [5.41, 5.74) is 2.85. The van der Waals surface area contributed by atoms with Crippen molar-refractivity contribution in [3.63, 3.8) is 0 Å². The van der Waals surface area contributed by atoms with Gasteiger partial charge in [0.25, 0.3) is 0 Å². The average Bonchev–Trinajstić information content (AvgIpc) is 2.81. The molecule has 30 heavy (non-hydrogen) atoms.